The summed E-state index contributed by atoms with van der Waals surface area (Å²) in [7, 11) is 0. The number of nitrogens with one attached hydrogen (secondary N) is 2. The van der Waals surface area contributed by atoms with E-state index in [0.29, 0.717) is 6.42 Å². The van der Waals surface area contributed by atoms with Crippen LogP contribution in [0.3, 0.4) is 0 Å². The minimum absolute atomic E-state index is 0.0109. The lowest BCUT2D eigenvalue weighted by molar-refractivity contribution is -0.177. The van der Waals surface area contributed by atoms with Crippen molar-refractivity contribution >= 4 is 17.8 Å². The van der Waals surface area contributed by atoms with Gasteiger partial charge in [0.25, 0.3) is 0 Å². The summed E-state index contributed by atoms with van der Waals surface area (Å²) < 4.78 is 42.6. The molecule has 0 saturated heterocycles. The zero-order valence-corrected chi connectivity index (χ0v) is 17.8. The number of amides is 2. The first kappa shape index (κ1) is 27.3. The Morgan fingerprint density at radius 3 is 2.23 bits per heavy atom. The maximum Gasteiger partial charge on any atom is 0.471 e. The first-order chi connectivity index (χ1) is 13.9. The second kappa shape index (κ2) is 13.5. The molecule has 0 fully saturated rings. The van der Waals surface area contributed by atoms with Gasteiger partial charge in [0.05, 0.1) is 6.42 Å². The molecule has 2 amide bonds. The molecule has 168 valence electrons. The van der Waals surface area contributed by atoms with Gasteiger partial charge in [0.15, 0.2) is 0 Å². The molecule has 1 unspecified atom stereocenters. The minimum Gasteiger partial charge on any atom is -0.458 e. The molecule has 30 heavy (non-hydrogen) atoms. The minimum atomic E-state index is -5.10. The third-order valence-corrected chi connectivity index (χ3v) is 3.36. The van der Waals surface area contributed by atoms with Gasteiger partial charge in [-0.3, -0.25) is 9.59 Å². The monoisotopic (exact) mass is 430 g/mol. The highest BCUT2D eigenvalue weighted by atomic mass is 19.4. The number of esters is 1. The summed E-state index contributed by atoms with van der Waals surface area (Å²) in [4.78, 5) is 34.9. The number of carbonyl (C=O) groups is 3. The first-order valence-corrected chi connectivity index (χ1v) is 9.69. The van der Waals surface area contributed by atoms with Gasteiger partial charge in [0, 0.05) is 13.0 Å². The Balaban J connectivity index is 4.48. The van der Waals surface area contributed by atoms with Crippen LogP contribution in [0, 0.1) is 23.7 Å². The molecule has 0 radical (unpaired) electrons. The SMILES string of the molecule is CCCC#CC#CCC(=O)NCCCCC(NC(=O)C(F)(F)F)C(=O)OC(C)(C)C. The summed E-state index contributed by atoms with van der Waals surface area (Å²) in [6.45, 7) is 6.97. The van der Waals surface area contributed by atoms with Crippen molar-refractivity contribution in [2.75, 3.05) is 6.54 Å². The zero-order chi connectivity index (χ0) is 23.2. The number of rotatable bonds is 9. The molecule has 0 aliphatic carbocycles. The normalized spacial score (nSPS) is 11.8. The summed E-state index contributed by atoms with van der Waals surface area (Å²) in [5, 5.41) is 4.29. The number of halogens is 3. The zero-order valence-electron chi connectivity index (χ0n) is 17.8. The number of hydrogen-bond donors (Lipinski definition) is 2. The van der Waals surface area contributed by atoms with Gasteiger partial charge in [-0.05, 0) is 58.3 Å². The smallest absolute Gasteiger partial charge is 0.458 e. The van der Waals surface area contributed by atoms with Crippen LogP contribution < -0.4 is 10.6 Å². The molecule has 0 rings (SSSR count). The van der Waals surface area contributed by atoms with E-state index in [2.05, 4.69) is 29.0 Å². The van der Waals surface area contributed by atoms with Crippen LogP contribution in [0.4, 0.5) is 13.2 Å². The maximum absolute atomic E-state index is 12.5. The number of alkyl halides is 3. The highest BCUT2D eigenvalue weighted by Crippen LogP contribution is 2.17. The average Bonchev–Trinajstić information content (AvgIpc) is 2.60. The van der Waals surface area contributed by atoms with E-state index in [-0.39, 0.29) is 31.7 Å². The highest BCUT2D eigenvalue weighted by Gasteiger charge is 2.41. The quantitative estimate of drug-likeness (QED) is 0.335. The van der Waals surface area contributed by atoms with E-state index in [4.69, 9.17) is 4.74 Å². The van der Waals surface area contributed by atoms with Gasteiger partial charge in [0.1, 0.15) is 11.6 Å². The molecular weight excluding hydrogens is 401 g/mol. The van der Waals surface area contributed by atoms with Gasteiger partial charge in [-0.1, -0.05) is 18.8 Å². The molecule has 0 spiro atoms. The predicted octanol–water partition coefficient (Wildman–Crippen LogP) is 2.86. The van der Waals surface area contributed by atoms with Crippen LogP contribution in [0.5, 0.6) is 0 Å². The largest absolute Gasteiger partial charge is 0.471 e. The Hall–Kier alpha value is -2.68. The van der Waals surface area contributed by atoms with Crippen molar-refractivity contribution in [2.45, 2.75) is 84.0 Å². The van der Waals surface area contributed by atoms with E-state index in [1.165, 1.54) is 0 Å². The molecule has 2 N–H and O–H groups in total. The highest BCUT2D eigenvalue weighted by molar-refractivity contribution is 5.87. The lowest BCUT2D eigenvalue weighted by Crippen LogP contribution is -2.48. The molecule has 0 aromatic rings. The lowest BCUT2D eigenvalue weighted by atomic mass is 10.1. The molecule has 0 aliphatic heterocycles. The van der Waals surface area contributed by atoms with Crippen LogP contribution in [0.25, 0.3) is 0 Å². The van der Waals surface area contributed by atoms with Gasteiger partial charge >= 0.3 is 18.1 Å². The van der Waals surface area contributed by atoms with E-state index in [1.807, 2.05) is 6.92 Å². The topological polar surface area (TPSA) is 84.5 Å². The van der Waals surface area contributed by atoms with E-state index in [0.717, 1.165) is 12.8 Å². The second-order valence-corrected chi connectivity index (χ2v) is 7.43. The van der Waals surface area contributed by atoms with Crippen molar-refractivity contribution < 1.29 is 32.3 Å². The number of unbranched alkanes of at least 4 members (excludes halogenated alkanes) is 2. The van der Waals surface area contributed by atoms with Gasteiger partial charge in [-0.2, -0.15) is 13.2 Å². The molecule has 1 atom stereocenters. The van der Waals surface area contributed by atoms with Gasteiger partial charge in [-0.15, -0.1) is 0 Å². The van der Waals surface area contributed by atoms with Crippen molar-refractivity contribution in [1.29, 1.82) is 0 Å². The summed E-state index contributed by atoms with van der Waals surface area (Å²) in [5.41, 5.74) is -0.909. The fourth-order valence-corrected chi connectivity index (χ4v) is 2.03. The van der Waals surface area contributed by atoms with Gasteiger partial charge in [0.2, 0.25) is 5.91 Å². The van der Waals surface area contributed by atoms with Crippen LogP contribution in [-0.2, 0) is 19.1 Å². The molecule has 0 aromatic carbocycles. The van der Waals surface area contributed by atoms with Crippen molar-refractivity contribution in [1.82, 2.24) is 10.6 Å². The van der Waals surface area contributed by atoms with E-state index < -0.39 is 29.7 Å². The van der Waals surface area contributed by atoms with E-state index in [1.54, 1.807) is 26.1 Å². The fourth-order valence-electron chi connectivity index (χ4n) is 2.03. The summed E-state index contributed by atoms with van der Waals surface area (Å²) in [6, 6.07) is -1.43. The molecule has 0 saturated carbocycles. The van der Waals surface area contributed by atoms with E-state index in [9.17, 15) is 27.6 Å². The van der Waals surface area contributed by atoms with Gasteiger partial charge in [-0.25, -0.2) is 4.79 Å². The summed E-state index contributed by atoms with van der Waals surface area (Å²) >= 11 is 0. The lowest BCUT2D eigenvalue weighted by Gasteiger charge is -2.25. The molecular formula is C21H29F3N2O4. The summed E-state index contributed by atoms with van der Waals surface area (Å²) in [6.07, 6.45) is -2.80. The third-order valence-electron chi connectivity index (χ3n) is 3.36. The second-order valence-electron chi connectivity index (χ2n) is 7.43. The van der Waals surface area contributed by atoms with Crippen LogP contribution >= 0.6 is 0 Å². The first-order valence-electron chi connectivity index (χ1n) is 9.69. The molecule has 0 bridgehead atoms. The Morgan fingerprint density at radius 2 is 1.67 bits per heavy atom. The van der Waals surface area contributed by atoms with Gasteiger partial charge < -0.3 is 15.4 Å². The molecule has 0 heterocycles. The fraction of sp³-hybridized carbons (Fsp3) is 0.667. The van der Waals surface area contributed by atoms with E-state index >= 15 is 0 Å². The number of hydrogen-bond acceptors (Lipinski definition) is 4. The maximum atomic E-state index is 12.5. The van der Waals surface area contributed by atoms with Crippen LogP contribution in [0.2, 0.25) is 0 Å². The average molecular weight is 430 g/mol. The number of carbonyl (C=O) groups excluding carboxylic acids is 3. The molecule has 9 heteroatoms. The Bertz CT molecular complexity index is 704. The number of ether oxygens (including phenoxy) is 1. The predicted molar refractivity (Wildman–Crippen MR) is 106 cm³/mol. The van der Waals surface area contributed by atoms with Crippen molar-refractivity contribution in [3.05, 3.63) is 0 Å². The third kappa shape index (κ3) is 14.3. The molecule has 0 aliphatic rings. The van der Waals surface area contributed by atoms with Crippen molar-refractivity contribution in [3.63, 3.8) is 0 Å². The molecule has 0 aromatic heterocycles. The standard InChI is InChI=1S/C21H29F3N2O4/c1-5-6-7-8-9-10-14-17(27)25-15-12-11-13-16(18(28)30-20(2,3)4)26-19(29)21(22,23)24/h16H,5-6,11-15H2,1-4H3,(H,25,27)(H,26,29). The van der Waals surface area contributed by atoms with Crippen LogP contribution in [0.15, 0.2) is 0 Å². The van der Waals surface area contributed by atoms with Crippen molar-refractivity contribution in [3.8, 4) is 23.7 Å². The van der Waals surface area contributed by atoms with Crippen LogP contribution in [0.1, 0.15) is 66.2 Å². The molecule has 6 nitrogen and oxygen atoms in total. The Kier molecular flexibility index (Phi) is 12.3. The Morgan fingerprint density at radius 1 is 1.03 bits per heavy atom. The van der Waals surface area contributed by atoms with Crippen LogP contribution in [-0.4, -0.2) is 42.1 Å². The Labute approximate surface area is 175 Å². The summed E-state index contributed by atoms with van der Waals surface area (Å²) in [5.74, 6) is 7.22. The van der Waals surface area contributed by atoms with Crippen molar-refractivity contribution in [2.24, 2.45) is 0 Å².